The first-order chi connectivity index (χ1) is 7.11. The quantitative estimate of drug-likeness (QED) is 0.758. The molecule has 2 nitrogen and oxygen atoms in total. The van der Waals surface area contributed by atoms with Crippen LogP contribution in [0, 0.1) is 5.92 Å². The molecule has 1 aromatic carbocycles. The molecule has 0 saturated heterocycles. The van der Waals surface area contributed by atoms with Gasteiger partial charge in [0.05, 0.1) is 0 Å². The summed E-state index contributed by atoms with van der Waals surface area (Å²) in [6.45, 7) is 5.95. The first-order valence-corrected chi connectivity index (χ1v) is 5.66. The predicted octanol–water partition coefficient (Wildman–Crippen LogP) is 3.18. The van der Waals surface area contributed by atoms with E-state index in [-0.39, 0.29) is 5.75 Å². The largest absolute Gasteiger partial charge is 0.508 e. The average molecular weight is 228 g/mol. The lowest BCUT2D eigenvalue weighted by atomic mass is 10.1. The summed E-state index contributed by atoms with van der Waals surface area (Å²) in [6.07, 6.45) is 1.13. The van der Waals surface area contributed by atoms with Crippen molar-refractivity contribution in [2.75, 3.05) is 6.54 Å². The van der Waals surface area contributed by atoms with Crippen LogP contribution in [0.1, 0.15) is 25.8 Å². The smallest absolute Gasteiger partial charge is 0.121 e. The standard InChI is InChI=1S/C12H18ClNO/c1-9(2)6-7-14-8-10-11(13)4-3-5-12(10)15/h3-5,9,14-15H,6-8H2,1-2H3. The third-order valence-electron chi connectivity index (χ3n) is 2.29. The number of hydrogen-bond acceptors (Lipinski definition) is 2. The topological polar surface area (TPSA) is 32.3 Å². The fourth-order valence-electron chi connectivity index (χ4n) is 1.33. The number of halogens is 1. The van der Waals surface area contributed by atoms with E-state index in [9.17, 15) is 5.11 Å². The zero-order valence-corrected chi connectivity index (χ0v) is 10.0. The summed E-state index contributed by atoms with van der Waals surface area (Å²) in [5.74, 6) is 0.955. The summed E-state index contributed by atoms with van der Waals surface area (Å²) in [6, 6.07) is 5.20. The van der Waals surface area contributed by atoms with Crippen LogP contribution in [0.4, 0.5) is 0 Å². The second-order valence-corrected chi connectivity index (χ2v) is 4.50. The second-order valence-electron chi connectivity index (χ2n) is 4.10. The molecule has 0 aliphatic heterocycles. The van der Waals surface area contributed by atoms with Crippen molar-refractivity contribution in [3.63, 3.8) is 0 Å². The summed E-state index contributed by atoms with van der Waals surface area (Å²) >= 11 is 5.97. The highest BCUT2D eigenvalue weighted by Crippen LogP contribution is 2.24. The van der Waals surface area contributed by atoms with Crippen LogP contribution in [0.5, 0.6) is 5.75 Å². The van der Waals surface area contributed by atoms with Crippen molar-refractivity contribution in [3.05, 3.63) is 28.8 Å². The van der Waals surface area contributed by atoms with Gasteiger partial charge < -0.3 is 10.4 Å². The van der Waals surface area contributed by atoms with Crippen molar-refractivity contribution in [2.45, 2.75) is 26.8 Å². The molecule has 84 valence electrons. The van der Waals surface area contributed by atoms with Gasteiger partial charge in [-0.2, -0.15) is 0 Å². The first kappa shape index (κ1) is 12.3. The molecule has 0 spiro atoms. The van der Waals surface area contributed by atoms with Crippen molar-refractivity contribution in [2.24, 2.45) is 5.92 Å². The van der Waals surface area contributed by atoms with Gasteiger partial charge >= 0.3 is 0 Å². The second kappa shape index (κ2) is 5.99. The Kier molecular flexibility index (Phi) is 4.92. The fourth-order valence-corrected chi connectivity index (χ4v) is 1.56. The van der Waals surface area contributed by atoms with Gasteiger partial charge in [0, 0.05) is 17.1 Å². The normalized spacial score (nSPS) is 10.9. The molecule has 2 N–H and O–H groups in total. The van der Waals surface area contributed by atoms with E-state index < -0.39 is 0 Å². The van der Waals surface area contributed by atoms with Crippen LogP contribution in [0.25, 0.3) is 0 Å². The minimum absolute atomic E-state index is 0.263. The van der Waals surface area contributed by atoms with Crippen molar-refractivity contribution in [3.8, 4) is 5.75 Å². The van der Waals surface area contributed by atoms with Crippen molar-refractivity contribution < 1.29 is 5.11 Å². The van der Waals surface area contributed by atoms with Gasteiger partial charge in [0.1, 0.15) is 5.75 Å². The highest BCUT2D eigenvalue weighted by atomic mass is 35.5. The zero-order chi connectivity index (χ0) is 11.3. The van der Waals surface area contributed by atoms with Gasteiger partial charge in [0.2, 0.25) is 0 Å². The average Bonchev–Trinajstić information content (AvgIpc) is 2.15. The van der Waals surface area contributed by atoms with Gasteiger partial charge in [-0.1, -0.05) is 31.5 Å². The van der Waals surface area contributed by atoms with E-state index in [2.05, 4.69) is 19.2 Å². The number of aromatic hydroxyl groups is 1. The third-order valence-corrected chi connectivity index (χ3v) is 2.65. The highest BCUT2D eigenvalue weighted by molar-refractivity contribution is 6.31. The van der Waals surface area contributed by atoms with Gasteiger partial charge in [-0.3, -0.25) is 0 Å². The molecule has 0 fully saturated rings. The summed E-state index contributed by atoms with van der Waals surface area (Å²) in [7, 11) is 0. The maximum Gasteiger partial charge on any atom is 0.121 e. The Bertz CT molecular complexity index is 292. The molecule has 0 saturated carbocycles. The molecular weight excluding hydrogens is 210 g/mol. The monoisotopic (exact) mass is 227 g/mol. The maximum atomic E-state index is 9.58. The lowest BCUT2D eigenvalue weighted by Crippen LogP contribution is -2.16. The SMILES string of the molecule is CC(C)CCNCc1c(O)cccc1Cl. The van der Waals surface area contributed by atoms with E-state index in [0.29, 0.717) is 17.5 Å². The summed E-state index contributed by atoms with van der Waals surface area (Å²) in [5, 5.41) is 13.5. The predicted molar refractivity (Wildman–Crippen MR) is 64.3 cm³/mol. The highest BCUT2D eigenvalue weighted by Gasteiger charge is 2.04. The third kappa shape index (κ3) is 4.10. The van der Waals surface area contributed by atoms with Crippen LogP contribution in [-0.4, -0.2) is 11.7 Å². The molecule has 0 amide bonds. The molecule has 0 bridgehead atoms. The lowest BCUT2D eigenvalue weighted by Gasteiger charge is -2.09. The number of nitrogens with one attached hydrogen (secondary N) is 1. The summed E-state index contributed by atoms with van der Waals surface area (Å²) < 4.78 is 0. The lowest BCUT2D eigenvalue weighted by molar-refractivity contribution is 0.462. The van der Waals surface area contributed by atoms with Crippen LogP contribution in [0.2, 0.25) is 5.02 Å². The first-order valence-electron chi connectivity index (χ1n) is 5.28. The Labute approximate surface area is 96.3 Å². The van der Waals surface area contributed by atoms with Crippen LogP contribution in [0.3, 0.4) is 0 Å². The number of phenols is 1. The molecule has 0 heterocycles. The minimum Gasteiger partial charge on any atom is -0.508 e. The molecule has 3 heteroatoms. The number of hydrogen-bond donors (Lipinski definition) is 2. The van der Waals surface area contributed by atoms with Crippen LogP contribution in [0.15, 0.2) is 18.2 Å². The van der Waals surface area contributed by atoms with Crippen LogP contribution in [-0.2, 0) is 6.54 Å². The summed E-state index contributed by atoms with van der Waals surface area (Å²) in [4.78, 5) is 0. The van der Waals surface area contributed by atoms with Gasteiger partial charge in [-0.05, 0) is 31.0 Å². The molecule has 0 aliphatic rings. The molecule has 15 heavy (non-hydrogen) atoms. The van der Waals surface area contributed by atoms with E-state index >= 15 is 0 Å². The zero-order valence-electron chi connectivity index (χ0n) is 9.26. The van der Waals surface area contributed by atoms with Crippen LogP contribution < -0.4 is 5.32 Å². The number of benzene rings is 1. The number of phenolic OH excluding ortho intramolecular Hbond substituents is 1. The van der Waals surface area contributed by atoms with Gasteiger partial charge in [0.25, 0.3) is 0 Å². The van der Waals surface area contributed by atoms with Gasteiger partial charge in [-0.25, -0.2) is 0 Å². The molecule has 0 atom stereocenters. The Morgan fingerprint density at radius 1 is 1.40 bits per heavy atom. The Morgan fingerprint density at radius 2 is 2.13 bits per heavy atom. The van der Waals surface area contributed by atoms with Gasteiger partial charge in [0.15, 0.2) is 0 Å². The van der Waals surface area contributed by atoms with E-state index in [1.807, 2.05) is 0 Å². The molecule has 1 rings (SSSR count). The summed E-state index contributed by atoms with van der Waals surface area (Å²) in [5.41, 5.74) is 0.780. The molecule has 0 unspecified atom stereocenters. The Balaban J connectivity index is 2.43. The Hall–Kier alpha value is -0.730. The van der Waals surface area contributed by atoms with Crippen molar-refractivity contribution in [1.82, 2.24) is 5.32 Å². The van der Waals surface area contributed by atoms with E-state index in [0.717, 1.165) is 18.5 Å². The van der Waals surface area contributed by atoms with Crippen molar-refractivity contribution >= 4 is 11.6 Å². The van der Waals surface area contributed by atoms with E-state index in [1.54, 1.807) is 18.2 Å². The molecule has 0 radical (unpaired) electrons. The molecule has 1 aromatic rings. The van der Waals surface area contributed by atoms with Crippen LogP contribution >= 0.6 is 11.6 Å². The fraction of sp³-hybridized carbons (Fsp3) is 0.500. The molecule has 0 aliphatic carbocycles. The number of rotatable bonds is 5. The van der Waals surface area contributed by atoms with Crippen molar-refractivity contribution in [1.29, 1.82) is 0 Å². The van der Waals surface area contributed by atoms with E-state index in [4.69, 9.17) is 11.6 Å². The Morgan fingerprint density at radius 3 is 2.73 bits per heavy atom. The van der Waals surface area contributed by atoms with Gasteiger partial charge in [-0.15, -0.1) is 0 Å². The van der Waals surface area contributed by atoms with E-state index in [1.165, 1.54) is 0 Å². The molecule has 0 aromatic heterocycles. The molecular formula is C12H18ClNO. The minimum atomic E-state index is 0.263. The maximum absolute atomic E-state index is 9.58.